The molecule has 0 spiro atoms. The number of methoxy groups -OCH3 is 1. The Morgan fingerprint density at radius 2 is 1.81 bits per heavy atom. The zero-order chi connectivity index (χ0) is 29.9. The van der Waals surface area contributed by atoms with Crippen LogP contribution >= 0.6 is 0 Å². The number of ether oxygens (including phenoxy) is 2. The first kappa shape index (κ1) is 28.2. The Labute approximate surface area is 243 Å². The molecule has 0 bridgehead atoms. The van der Waals surface area contributed by atoms with Gasteiger partial charge in [0.25, 0.3) is 0 Å². The standard InChI is InChI=1S/C32H32N6O4/c1-32(2,3)42-31(40)37-28(15-21-17-34-26-8-6-5-7-23(21)26)29(16-33)36-27-12-10-20(14-24(27)30(39)41-4)19-9-11-25-22(13-19)18-35-38-25/h5-14,17-18,28-29,34,36H,15H2,1-4H3,(H,35,38)(H,37,40)/t28-,29?/m0/s1. The maximum Gasteiger partial charge on any atom is 0.407 e. The fourth-order valence-electron chi connectivity index (χ4n) is 4.89. The normalized spacial score (nSPS) is 12.8. The molecule has 0 saturated heterocycles. The summed E-state index contributed by atoms with van der Waals surface area (Å²) in [6.07, 6.45) is 3.28. The van der Waals surface area contributed by atoms with Gasteiger partial charge in [0.05, 0.1) is 36.5 Å². The van der Waals surface area contributed by atoms with Gasteiger partial charge < -0.3 is 25.1 Å². The second kappa shape index (κ2) is 11.7. The van der Waals surface area contributed by atoms with Crippen molar-refractivity contribution in [2.75, 3.05) is 12.4 Å². The Kier molecular flexibility index (Phi) is 7.84. The molecule has 5 rings (SSSR count). The average Bonchev–Trinajstić information content (AvgIpc) is 3.61. The lowest BCUT2D eigenvalue weighted by Gasteiger charge is -2.27. The monoisotopic (exact) mass is 564 g/mol. The first-order valence-electron chi connectivity index (χ1n) is 13.5. The number of nitrogens with one attached hydrogen (secondary N) is 4. The number of hydrogen-bond donors (Lipinski definition) is 4. The molecular weight excluding hydrogens is 532 g/mol. The van der Waals surface area contributed by atoms with Crippen molar-refractivity contribution in [2.45, 2.75) is 44.9 Å². The van der Waals surface area contributed by atoms with E-state index >= 15 is 0 Å². The van der Waals surface area contributed by atoms with Gasteiger partial charge in [0.15, 0.2) is 0 Å². The highest BCUT2D eigenvalue weighted by atomic mass is 16.6. The molecule has 0 saturated carbocycles. The molecule has 0 aliphatic carbocycles. The van der Waals surface area contributed by atoms with E-state index in [0.29, 0.717) is 12.1 Å². The molecule has 2 atom stereocenters. The van der Waals surface area contributed by atoms with Crippen LogP contribution in [0.1, 0.15) is 36.7 Å². The summed E-state index contributed by atoms with van der Waals surface area (Å²) in [5, 5.41) is 25.3. The minimum atomic E-state index is -0.928. The molecule has 1 amide bonds. The van der Waals surface area contributed by atoms with Crippen LogP contribution in [0.3, 0.4) is 0 Å². The molecular formula is C32H32N6O4. The third kappa shape index (κ3) is 6.20. The average molecular weight is 565 g/mol. The number of nitrogens with zero attached hydrogens (tertiary/aromatic N) is 2. The molecule has 3 aromatic carbocycles. The molecule has 5 aromatic rings. The number of nitriles is 1. The number of aromatic amines is 2. The minimum Gasteiger partial charge on any atom is -0.465 e. The SMILES string of the molecule is COC(=O)c1cc(-c2ccc3[nH]ncc3c2)ccc1NC(C#N)[C@H](Cc1c[nH]c2ccccc12)NC(=O)OC(C)(C)C. The van der Waals surface area contributed by atoms with E-state index in [1.54, 1.807) is 39.1 Å². The molecule has 10 nitrogen and oxygen atoms in total. The second-order valence-corrected chi connectivity index (χ2v) is 11.0. The molecule has 10 heteroatoms. The Hall–Kier alpha value is -5.30. The zero-order valence-electron chi connectivity index (χ0n) is 23.8. The van der Waals surface area contributed by atoms with Gasteiger partial charge >= 0.3 is 12.1 Å². The van der Waals surface area contributed by atoms with Gasteiger partial charge in [-0.3, -0.25) is 5.10 Å². The van der Waals surface area contributed by atoms with Crippen LogP contribution in [0.4, 0.5) is 10.5 Å². The molecule has 2 heterocycles. The number of benzene rings is 3. The highest BCUT2D eigenvalue weighted by Gasteiger charge is 2.28. The first-order chi connectivity index (χ1) is 20.1. The van der Waals surface area contributed by atoms with Gasteiger partial charge in [-0.25, -0.2) is 9.59 Å². The number of para-hydroxylation sites is 1. The number of H-pyrrole nitrogens is 2. The van der Waals surface area contributed by atoms with Crippen molar-refractivity contribution < 1.29 is 19.1 Å². The lowest BCUT2D eigenvalue weighted by atomic mass is 9.97. The summed E-state index contributed by atoms with van der Waals surface area (Å²) in [6.45, 7) is 5.32. The van der Waals surface area contributed by atoms with Crippen LogP contribution in [-0.4, -0.2) is 52.0 Å². The van der Waals surface area contributed by atoms with Crippen molar-refractivity contribution >= 4 is 39.6 Å². The third-order valence-corrected chi connectivity index (χ3v) is 6.87. The van der Waals surface area contributed by atoms with E-state index in [-0.39, 0.29) is 5.56 Å². The van der Waals surface area contributed by atoms with Gasteiger partial charge in [-0.2, -0.15) is 10.4 Å². The van der Waals surface area contributed by atoms with E-state index in [2.05, 4.69) is 31.9 Å². The molecule has 214 valence electrons. The highest BCUT2D eigenvalue weighted by molar-refractivity contribution is 5.98. The molecule has 1 unspecified atom stereocenters. The molecule has 42 heavy (non-hydrogen) atoms. The largest absolute Gasteiger partial charge is 0.465 e. The number of amides is 1. The van der Waals surface area contributed by atoms with Crippen molar-refractivity contribution in [1.29, 1.82) is 5.26 Å². The van der Waals surface area contributed by atoms with Crippen LogP contribution in [0.15, 0.2) is 73.1 Å². The molecule has 0 aliphatic rings. The fraction of sp³-hybridized carbons (Fsp3) is 0.250. The lowest BCUT2D eigenvalue weighted by Crippen LogP contribution is -2.49. The van der Waals surface area contributed by atoms with Crippen molar-refractivity contribution in [3.8, 4) is 17.2 Å². The Morgan fingerprint density at radius 1 is 1.05 bits per heavy atom. The van der Waals surface area contributed by atoms with Crippen LogP contribution < -0.4 is 10.6 Å². The minimum absolute atomic E-state index is 0.255. The second-order valence-electron chi connectivity index (χ2n) is 11.0. The number of esters is 1. The van der Waals surface area contributed by atoms with Crippen LogP contribution in [0.5, 0.6) is 0 Å². The number of aromatic nitrogens is 3. The van der Waals surface area contributed by atoms with Crippen LogP contribution in [-0.2, 0) is 15.9 Å². The Morgan fingerprint density at radius 3 is 2.57 bits per heavy atom. The lowest BCUT2D eigenvalue weighted by molar-refractivity contribution is 0.0501. The van der Waals surface area contributed by atoms with Gasteiger partial charge in [-0.1, -0.05) is 30.3 Å². The van der Waals surface area contributed by atoms with Gasteiger partial charge in [0.1, 0.15) is 11.6 Å². The summed E-state index contributed by atoms with van der Waals surface area (Å²) in [4.78, 5) is 29.0. The number of fused-ring (bicyclic) bond motifs is 2. The summed E-state index contributed by atoms with van der Waals surface area (Å²) >= 11 is 0. The van der Waals surface area contributed by atoms with E-state index < -0.39 is 29.7 Å². The van der Waals surface area contributed by atoms with Crippen molar-refractivity contribution in [3.05, 3.63) is 84.2 Å². The number of anilines is 1. The van der Waals surface area contributed by atoms with Gasteiger partial charge in [0.2, 0.25) is 0 Å². The Balaban J connectivity index is 1.48. The van der Waals surface area contributed by atoms with Gasteiger partial charge in [0, 0.05) is 28.2 Å². The number of rotatable bonds is 8. The molecule has 4 N–H and O–H groups in total. The summed E-state index contributed by atoms with van der Waals surface area (Å²) < 4.78 is 10.6. The quantitative estimate of drug-likeness (QED) is 0.171. The smallest absolute Gasteiger partial charge is 0.407 e. The number of hydrogen-bond acceptors (Lipinski definition) is 7. The number of carbonyl (C=O) groups is 2. The van der Waals surface area contributed by atoms with Crippen LogP contribution in [0.25, 0.3) is 32.9 Å². The zero-order valence-corrected chi connectivity index (χ0v) is 23.8. The van der Waals surface area contributed by atoms with Crippen LogP contribution in [0, 0.1) is 11.3 Å². The predicted molar refractivity (Wildman–Crippen MR) is 161 cm³/mol. The fourth-order valence-corrected chi connectivity index (χ4v) is 4.89. The molecule has 0 fully saturated rings. The number of carbonyl (C=O) groups excluding carboxylic acids is 2. The maximum atomic E-state index is 12.9. The van der Waals surface area contributed by atoms with E-state index in [9.17, 15) is 14.9 Å². The highest BCUT2D eigenvalue weighted by Crippen LogP contribution is 2.29. The van der Waals surface area contributed by atoms with Crippen molar-refractivity contribution in [3.63, 3.8) is 0 Å². The van der Waals surface area contributed by atoms with Gasteiger partial charge in [-0.15, -0.1) is 0 Å². The van der Waals surface area contributed by atoms with Crippen molar-refractivity contribution in [2.24, 2.45) is 0 Å². The summed E-state index contributed by atoms with van der Waals surface area (Å²) in [5.74, 6) is -0.561. The van der Waals surface area contributed by atoms with Crippen LogP contribution in [0.2, 0.25) is 0 Å². The van der Waals surface area contributed by atoms with E-state index in [4.69, 9.17) is 9.47 Å². The molecule has 0 aliphatic heterocycles. The van der Waals surface area contributed by atoms with E-state index in [1.165, 1.54) is 7.11 Å². The Bertz CT molecular complexity index is 1790. The molecule has 0 radical (unpaired) electrons. The first-order valence-corrected chi connectivity index (χ1v) is 13.5. The predicted octanol–water partition coefficient (Wildman–Crippen LogP) is 5.94. The number of alkyl carbamates (subject to hydrolysis) is 1. The summed E-state index contributed by atoms with van der Waals surface area (Å²) in [7, 11) is 1.31. The van der Waals surface area contributed by atoms with Crippen molar-refractivity contribution in [1.82, 2.24) is 20.5 Å². The third-order valence-electron chi connectivity index (χ3n) is 6.87. The molecule has 2 aromatic heterocycles. The van der Waals surface area contributed by atoms with Gasteiger partial charge in [-0.05, 0) is 74.2 Å². The summed E-state index contributed by atoms with van der Waals surface area (Å²) in [6, 6.07) is 19.6. The topological polar surface area (TPSA) is 145 Å². The van der Waals surface area contributed by atoms with E-state index in [1.807, 2.05) is 54.7 Å². The maximum absolute atomic E-state index is 12.9. The summed E-state index contributed by atoms with van der Waals surface area (Å²) in [5.41, 5.74) is 4.39. The van der Waals surface area contributed by atoms with E-state index in [0.717, 1.165) is 38.5 Å².